The molecule has 1 aromatic carbocycles. The van der Waals surface area contributed by atoms with Gasteiger partial charge in [-0.3, -0.25) is 9.59 Å². The molecular weight excluding hydrogens is 470 g/mol. The number of nitrogens with zero attached hydrogens (tertiary/aromatic N) is 5. The van der Waals surface area contributed by atoms with E-state index in [0.717, 1.165) is 16.9 Å². The molecule has 9 nitrogen and oxygen atoms in total. The molecule has 0 saturated carbocycles. The number of amides is 1. The van der Waals surface area contributed by atoms with Crippen molar-refractivity contribution < 1.29 is 18.7 Å². The van der Waals surface area contributed by atoms with Gasteiger partial charge in [0.15, 0.2) is 22.9 Å². The van der Waals surface area contributed by atoms with Crippen LogP contribution in [0.15, 0.2) is 53.1 Å². The molecule has 0 spiro atoms. The number of aryl methyl sites for hydroxylation is 1. The van der Waals surface area contributed by atoms with E-state index < -0.39 is 0 Å². The molecule has 0 atom stereocenters. The lowest BCUT2D eigenvalue weighted by atomic mass is 10.1. The first-order valence-electron chi connectivity index (χ1n) is 12.5. The largest absolute Gasteiger partial charge is 0.449 e. The molecule has 1 aliphatic heterocycles. The molecular formula is C28H31N5O4. The molecule has 9 heteroatoms. The van der Waals surface area contributed by atoms with Gasteiger partial charge in [-0.2, -0.15) is 5.10 Å². The number of hydrogen-bond acceptors (Lipinski definition) is 7. The van der Waals surface area contributed by atoms with E-state index in [0.29, 0.717) is 56.2 Å². The summed E-state index contributed by atoms with van der Waals surface area (Å²) in [5.74, 6) is 0.800. The maximum absolute atomic E-state index is 12.9. The van der Waals surface area contributed by atoms with Crippen LogP contribution in [0.3, 0.4) is 0 Å². The number of Topliss-reactive ketones (excluding diaryl/α,β-unsaturated/α-hetero) is 1. The Bertz CT molecular complexity index is 1430. The van der Waals surface area contributed by atoms with E-state index in [1.165, 1.54) is 12.5 Å². The Morgan fingerprint density at radius 3 is 2.68 bits per heavy atom. The Balaban J connectivity index is 1.47. The molecule has 4 aromatic rings. The molecule has 0 N–H and O–H groups in total. The third-order valence-corrected chi connectivity index (χ3v) is 6.65. The van der Waals surface area contributed by atoms with E-state index in [1.807, 2.05) is 30.5 Å². The van der Waals surface area contributed by atoms with Gasteiger partial charge in [0.2, 0.25) is 5.91 Å². The highest BCUT2D eigenvalue weighted by Gasteiger charge is 2.22. The molecule has 4 heterocycles. The van der Waals surface area contributed by atoms with Crippen molar-refractivity contribution in [3.05, 3.63) is 60.0 Å². The van der Waals surface area contributed by atoms with Crippen molar-refractivity contribution in [1.29, 1.82) is 0 Å². The fourth-order valence-corrected chi connectivity index (χ4v) is 4.45. The Labute approximate surface area is 215 Å². The molecule has 1 aliphatic rings. The van der Waals surface area contributed by atoms with Crippen molar-refractivity contribution in [3.8, 4) is 17.1 Å². The van der Waals surface area contributed by atoms with E-state index in [9.17, 15) is 9.59 Å². The van der Waals surface area contributed by atoms with Gasteiger partial charge in [0.05, 0.1) is 24.6 Å². The average molecular weight is 502 g/mol. The lowest BCUT2D eigenvalue weighted by Crippen LogP contribution is -2.36. The minimum atomic E-state index is -0.106. The number of pyridine rings is 1. The average Bonchev–Trinajstić information content (AvgIpc) is 3.56. The maximum Gasteiger partial charge on any atom is 0.219 e. The number of ketones is 1. The summed E-state index contributed by atoms with van der Waals surface area (Å²) in [5.41, 5.74) is 5.13. The first-order valence-corrected chi connectivity index (χ1v) is 12.5. The van der Waals surface area contributed by atoms with Crippen molar-refractivity contribution in [2.75, 3.05) is 44.8 Å². The number of morpholine rings is 1. The summed E-state index contributed by atoms with van der Waals surface area (Å²) in [6.45, 7) is 6.76. The van der Waals surface area contributed by atoms with Gasteiger partial charge in [0.25, 0.3) is 0 Å². The highest BCUT2D eigenvalue weighted by Crippen LogP contribution is 2.32. The Kier molecular flexibility index (Phi) is 7.05. The molecule has 37 heavy (non-hydrogen) atoms. The van der Waals surface area contributed by atoms with Gasteiger partial charge >= 0.3 is 0 Å². The molecule has 192 valence electrons. The van der Waals surface area contributed by atoms with Crippen LogP contribution in [-0.2, 0) is 9.53 Å². The maximum atomic E-state index is 12.9. The van der Waals surface area contributed by atoms with E-state index in [1.54, 1.807) is 22.7 Å². The number of carbonyl (C=O) groups excluding carboxylic acids is 2. The van der Waals surface area contributed by atoms with Crippen LogP contribution in [0.1, 0.15) is 35.9 Å². The van der Waals surface area contributed by atoms with Gasteiger partial charge in [-0.15, -0.1) is 0 Å². The summed E-state index contributed by atoms with van der Waals surface area (Å²) in [7, 11) is 1.73. The standard InChI is InChI=1S/C28H31N5O4/c1-19-6-4-7-21(16-19)22-9-11-33(30-22)27-18-24(32-12-14-36-15-13-32)28-23(29-27)17-26(37-28)25(35)8-5-10-31(3)20(2)34/h4,6-7,9,11,16-18H,5,8,10,12-15H2,1-3H3. The Hall–Kier alpha value is -3.98. The summed E-state index contributed by atoms with van der Waals surface area (Å²) in [4.78, 5) is 33.0. The Morgan fingerprint density at radius 2 is 1.92 bits per heavy atom. The second-order valence-corrected chi connectivity index (χ2v) is 9.41. The number of ether oxygens (including phenoxy) is 1. The zero-order chi connectivity index (χ0) is 25.9. The fraction of sp³-hybridized carbons (Fsp3) is 0.357. The van der Waals surface area contributed by atoms with Gasteiger partial charge in [-0.1, -0.05) is 23.8 Å². The summed E-state index contributed by atoms with van der Waals surface area (Å²) in [6.07, 6.45) is 2.75. The number of furan rings is 1. The molecule has 5 rings (SSSR count). The molecule has 0 unspecified atom stereocenters. The third-order valence-electron chi connectivity index (χ3n) is 6.65. The lowest BCUT2D eigenvalue weighted by Gasteiger charge is -2.28. The van der Waals surface area contributed by atoms with Crippen LogP contribution in [0.4, 0.5) is 5.69 Å². The van der Waals surface area contributed by atoms with Crippen LogP contribution in [-0.4, -0.2) is 71.3 Å². The minimum Gasteiger partial charge on any atom is -0.449 e. The fourth-order valence-electron chi connectivity index (χ4n) is 4.45. The second-order valence-electron chi connectivity index (χ2n) is 9.41. The lowest BCUT2D eigenvalue weighted by molar-refractivity contribution is -0.127. The van der Waals surface area contributed by atoms with Gasteiger partial charge < -0.3 is 19.0 Å². The monoisotopic (exact) mass is 501 g/mol. The number of benzene rings is 1. The summed E-state index contributed by atoms with van der Waals surface area (Å²) < 4.78 is 13.4. The SMILES string of the molecule is CC(=O)N(C)CCCC(=O)c1cc2nc(-n3ccc(-c4cccc(C)c4)n3)cc(N3CCOCC3)c2o1. The van der Waals surface area contributed by atoms with Gasteiger partial charge in [-0.05, 0) is 25.5 Å². The summed E-state index contributed by atoms with van der Waals surface area (Å²) in [6, 6.07) is 13.9. The van der Waals surface area contributed by atoms with Crippen LogP contribution in [0.2, 0.25) is 0 Å². The van der Waals surface area contributed by atoms with Crippen molar-refractivity contribution >= 4 is 28.5 Å². The number of anilines is 1. The van der Waals surface area contributed by atoms with Crippen molar-refractivity contribution in [2.24, 2.45) is 0 Å². The van der Waals surface area contributed by atoms with E-state index in [4.69, 9.17) is 19.2 Å². The quantitative estimate of drug-likeness (QED) is 0.333. The highest BCUT2D eigenvalue weighted by molar-refractivity contribution is 5.99. The predicted molar refractivity (Wildman–Crippen MR) is 141 cm³/mol. The van der Waals surface area contributed by atoms with Crippen molar-refractivity contribution in [3.63, 3.8) is 0 Å². The zero-order valence-corrected chi connectivity index (χ0v) is 21.4. The summed E-state index contributed by atoms with van der Waals surface area (Å²) >= 11 is 0. The first-order chi connectivity index (χ1) is 17.9. The molecule has 0 radical (unpaired) electrons. The predicted octanol–water partition coefficient (Wildman–Crippen LogP) is 4.27. The second kappa shape index (κ2) is 10.6. The molecule has 1 fully saturated rings. The van der Waals surface area contributed by atoms with Gasteiger partial charge in [0, 0.05) is 63.9 Å². The van der Waals surface area contributed by atoms with Crippen molar-refractivity contribution in [2.45, 2.75) is 26.7 Å². The minimum absolute atomic E-state index is 0.0211. The normalized spacial score (nSPS) is 13.8. The molecule has 3 aromatic heterocycles. The smallest absolute Gasteiger partial charge is 0.219 e. The molecule has 1 saturated heterocycles. The number of rotatable bonds is 8. The molecule has 0 bridgehead atoms. The number of aromatic nitrogens is 3. The van der Waals surface area contributed by atoms with E-state index >= 15 is 0 Å². The zero-order valence-electron chi connectivity index (χ0n) is 21.4. The van der Waals surface area contributed by atoms with Crippen LogP contribution in [0, 0.1) is 6.92 Å². The Morgan fingerprint density at radius 1 is 1.11 bits per heavy atom. The van der Waals surface area contributed by atoms with E-state index in [2.05, 4.69) is 24.0 Å². The van der Waals surface area contributed by atoms with Gasteiger partial charge in [-0.25, -0.2) is 9.67 Å². The van der Waals surface area contributed by atoms with Crippen molar-refractivity contribution in [1.82, 2.24) is 19.7 Å². The van der Waals surface area contributed by atoms with Crippen LogP contribution in [0.5, 0.6) is 0 Å². The van der Waals surface area contributed by atoms with E-state index in [-0.39, 0.29) is 23.9 Å². The number of hydrogen-bond donors (Lipinski definition) is 0. The molecule has 0 aliphatic carbocycles. The highest BCUT2D eigenvalue weighted by atomic mass is 16.5. The van der Waals surface area contributed by atoms with Crippen LogP contribution < -0.4 is 4.90 Å². The number of fused-ring (bicyclic) bond motifs is 1. The third kappa shape index (κ3) is 5.41. The molecule has 1 amide bonds. The van der Waals surface area contributed by atoms with Gasteiger partial charge in [0.1, 0.15) is 5.52 Å². The summed E-state index contributed by atoms with van der Waals surface area (Å²) in [5, 5.41) is 4.78. The van der Waals surface area contributed by atoms with Crippen LogP contribution in [0.25, 0.3) is 28.2 Å². The topological polar surface area (TPSA) is 93.7 Å². The number of carbonyl (C=O) groups is 2. The van der Waals surface area contributed by atoms with Crippen LogP contribution >= 0.6 is 0 Å². The first kappa shape index (κ1) is 24.7.